The van der Waals surface area contributed by atoms with Gasteiger partial charge in [0.05, 0.1) is 6.10 Å². The summed E-state index contributed by atoms with van der Waals surface area (Å²) in [6, 6.07) is 0.336. The highest BCUT2D eigenvalue weighted by atomic mass is 16.3. The van der Waals surface area contributed by atoms with Crippen molar-refractivity contribution in [2.24, 2.45) is 5.92 Å². The van der Waals surface area contributed by atoms with Gasteiger partial charge in [-0.3, -0.25) is 4.90 Å². The molecule has 2 unspecified atom stereocenters. The Labute approximate surface area is 106 Å². The third-order valence-electron chi connectivity index (χ3n) is 4.61. The van der Waals surface area contributed by atoms with Gasteiger partial charge >= 0.3 is 0 Å². The van der Waals surface area contributed by atoms with Crippen LogP contribution in [0.4, 0.5) is 0 Å². The van der Waals surface area contributed by atoms with Crippen LogP contribution in [0.25, 0.3) is 0 Å². The fourth-order valence-electron chi connectivity index (χ4n) is 3.47. The molecule has 100 valence electrons. The first-order valence-electron chi connectivity index (χ1n) is 7.23. The SMILES string of the molecule is CN1CCCN(C)C(C(O)CC2CCCC2)C1. The predicted molar refractivity (Wildman–Crippen MR) is 71.1 cm³/mol. The summed E-state index contributed by atoms with van der Waals surface area (Å²) in [7, 11) is 4.34. The van der Waals surface area contributed by atoms with E-state index in [1.54, 1.807) is 0 Å². The molecule has 0 aromatic heterocycles. The molecular formula is C14H28N2O. The van der Waals surface area contributed by atoms with E-state index in [4.69, 9.17) is 0 Å². The maximum Gasteiger partial charge on any atom is 0.0710 e. The standard InChI is InChI=1S/C14H28N2O/c1-15-8-5-9-16(2)13(11-15)14(17)10-12-6-3-4-7-12/h12-14,17H,3-11H2,1-2H3. The van der Waals surface area contributed by atoms with Gasteiger partial charge in [-0.05, 0) is 45.9 Å². The summed E-state index contributed by atoms with van der Waals surface area (Å²) in [4.78, 5) is 4.73. The second kappa shape index (κ2) is 6.17. The Morgan fingerprint density at radius 3 is 2.53 bits per heavy atom. The number of hydrogen-bond acceptors (Lipinski definition) is 3. The normalized spacial score (nSPS) is 31.6. The third kappa shape index (κ3) is 3.67. The molecule has 1 aliphatic carbocycles. The van der Waals surface area contributed by atoms with E-state index >= 15 is 0 Å². The molecule has 0 aromatic carbocycles. The van der Waals surface area contributed by atoms with Crippen LogP contribution in [-0.2, 0) is 0 Å². The molecule has 2 rings (SSSR count). The highest BCUT2D eigenvalue weighted by Crippen LogP contribution is 2.30. The molecule has 2 aliphatic rings. The first-order valence-corrected chi connectivity index (χ1v) is 7.23. The summed E-state index contributed by atoms with van der Waals surface area (Å²) in [6.07, 6.45) is 7.52. The first-order chi connectivity index (χ1) is 8.16. The number of nitrogens with zero attached hydrogens (tertiary/aromatic N) is 2. The Balaban J connectivity index is 1.88. The largest absolute Gasteiger partial charge is 0.391 e. The second-order valence-electron chi connectivity index (χ2n) is 6.12. The average molecular weight is 240 g/mol. The molecule has 0 spiro atoms. The lowest BCUT2D eigenvalue weighted by Crippen LogP contribution is -2.46. The van der Waals surface area contributed by atoms with Gasteiger partial charge < -0.3 is 10.0 Å². The van der Waals surface area contributed by atoms with Crippen molar-refractivity contribution in [2.45, 2.75) is 50.7 Å². The maximum atomic E-state index is 10.5. The van der Waals surface area contributed by atoms with Crippen LogP contribution in [0.1, 0.15) is 38.5 Å². The zero-order valence-corrected chi connectivity index (χ0v) is 11.4. The lowest BCUT2D eigenvalue weighted by Gasteiger charge is -2.32. The van der Waals surface area contributed by atoms with Crippen LogP contribution in [-0.4, -0.2) is 60.8 Å². The molecule has 1 saturated carbocycles. The van der Waals surface area contributed by atoms with Crippen molar-refractivity contribution in [2.75, 3.05) is 33.7 Å². The maximum absolute atomic E-state index is 10.5. The van der Waals surface area contributed by atoms with Gasteiger partial charge in [-0.25, -0.2) is 0 Å². The van der Waals surface area contributed by atoms with Crippen molar-refractivity contribution in [3.05, 3.63) is 0 Å². The first kappa shape index (κ1) is 13.3. The number of likely N-dealkylation sites (N-methyl/N-ethyl adjacent to an activating group) is 2. The summed E-state index contributed by atoms with van der Waals surface area (Å²) in [5.74, 6) is 0.784. The summed E-state index contributed by atoms with van der Waals surface area (Å²) in [6.45, 7) is 3.30. The van der Waals surface area contributed by atoms with Gasteiger partial charge in [-0.2, -0.15) is 0 Å². The lowest BCUT2D eigenvalue weighted by atomic mass is 9.95. The van der Waals surface area contributed by atoms with Gasteiger partial charge in [0, 0.05) is 12.6 Å². The molecule has 1 aliphatic heterocycles. The van der Waals surface area contributed by atoms with Crippen molar-refractivity contribution in [3.63, 3.8) is 0 Å². The van der Waals surface area contributed by atoms with Gasteiger partial charge in [-0.15, -0.1) is 0 Å². The minimum absolute atomic E-state index is 0.136. The number of hydrogen-bond donors (Lipinski definition) is 1. The molecule has 2 fully saturated rings. The Morgan fingerprint density at radius 1 is 1.12 bits per heavy atom. The number of aliphatic hydroxyl groups is 1. The lowest BCUT2D eigenvalue weighted by molar-refractivity contribution is 0.0409. The number of rotatable bonds is 3. The van der Waals surface area contributed by atoms with Gasteiger partial charge in [0.2, 0.25) is 0 Å². The zero-order chi connectivity index (χ0) is 12.3. The van der Waals surface area contributed by atoms with Crippen molar-refractivity contribution in [3.8, 4) is 0 Å². The fourth-order valence-corrected chi connectivity index (χ4v) is 3.47. The highest BCUT2D eigenvalue weighted by Gasteiger charge is 2.29. The Hall–Kier alpha value is -0.120. The molecule has 0 aromatic rings. The fraction of sp³-hybridized carbons (Fsp3) is 1.00. The van der Waals surface area contributed by atoms with E-state index in [1.165, 1.54) is 32.1 Å². The van der Waals surface area contributed by atoms with E-state index in [-0.39, 0.29) is 6.10 Å². The summed E-state index contributed by atoms with van der Waals surface area (Å²) in [5, 5.41) is 10.5. The molecule has 3 heteroatoms. The molecule has 0 amide bonds. The van der Waals surface area contributed by atoms with E-state index in [2.05, 4.69) is 23.9 Å². The molecule has 1 heterocycles. The van der Waals surface area contributed by atoms with Crippen LogP contribution in [0.2, 0.25) is 0 Å². The van der Waals surface area contributed by atoms with Crippen LogP contribution in [0, 0.1) is 5.92 Å². The summed E-state index contributed by atoms with van der Waals surface area (Å²) >= 11 is 0. The minimum Gasteiger partial charge on any atom is -0.391 e. The molecule has 17 heavy (non-hydrogen) atoms. The van der Waals surface area contributed by atoms with Gasteiger partial charge in [0.15, 0.2) is 0 Å². The smallest absolute Gasteiger partial charge is 0.0710 e. The Morgan fingerprint density at radius 2 is 1.82 bits per heavy atom. The van der Waals surface area contributed by atoms with Gasteiger partial charge in [0.1, 0.15) is 0 Å². The van der Waals surface area contributed by atoms with Gasteiger partial charge in [-0.1, -0.05) is 25.7 Å². The minimum atomic E-state index is -0.136. The summed E-state index contributed by atoms with van der Waals surface area (Å²) in [5.41, 5.74) is 0. The molecule has 0 radical (unpaired) electrons. The van der Waals surface area contributed by atoms with Crippen LogP contribution < -0.4 is 0 Å². The van der Waals surface area contributed by atoms with E-state index in [0.29, 0.717) is 6.04 Å². The highest BCUT2D eigenvalue weighted by molar-refractivity contribution is 4.85. The molecule has 1 N–H and O–H groups in total. The van der Waals surface area contributed by atoms with Crippen LogP contribution in [0.5, 0.6) is 0 Å². The quantitative estimate of drug-likeness (QED) is 0.811. The third-order valence-corrected chi connectivity index (χ3v) is 4.61. The number of aliphatic hydroxyl groups excluding tert-OH is 1. The molecule has 2 atom stereocenters. The Kier molecular flexibility index (Phi) is 4.83. The van der Waals surface area contributed by atoms with E-state index < -0.39 is 0 Å². The van der Waals surface area contributed by atoms with E-state index in [0.717, 1.165) is 32.0 Å². The molecular weight excluding hydrogens is 212 g/mol. The van der Waals surface area contributed by atoms with Crippen molar-refractivity contribution in [1.29, 1.82) is 0 Å². The molecule has 0 bridgehead atoms. The topological polar surface area (TPSA) is 26.7 Å². The van der Waals surface area contributed by atoms with E-state index in [9.17, 15) is 5.11 Å². The van der Waals surface area contributed by atoms with Crippen molar-refractivity contribution < 1.29 is 5.11 Å². The monoisotopic (exact) mass is 240 g/mol. The van der Waals surface area contributed by atoms with Crippen LogP contribution in [0.15, 0.2) is 0 Å². The molecule has 3 nitrogen and oxygen atoms in total. The van der Waals surface area contributed by atoms with Crippen molar-refractivity contribution in [1.82, 2.24) is 9.80 Å². The summed E-state index contributed by atoms with van der Waals surface area (Å²) < 4.78 is 0. The predicted octanol–water partition coefficient (Wildman–Crippen LogP) is 1.56. The zero-order valence-electron chi connectivity index (χ0n) is 11.4. The second-order valence-corrected chi connectivity index (χ2v) is 6.12. The average Bonchev–Trinajstić information content (AvgIpc) is 2.72. The van der Waals surface area contributed by atoms with E-state index in [1.807, 2.05) is 0 Å². The van der Waals surface area contributed by atoms with Gasteiger partial charge in [0.25, 0.3) is 0 Å². The molecule has 1 saturated heterocycles. The van der Waals surface area contributed by atoms with Crippen LogP contribution in [0.3, 0.4) is 0 Å². The Bertz CT molecular complexity index is 228. The van der Waals surface area contributed by atoms with Crippen LogP contribution >= 0.6 is 0 Å². The van der Waals surface area contributed by atoms with Crippen molar-refractivity contribution >= 4 is 0 Å².